The van der Waals surface area contributed by atoms with E-state index in [1.165, 1.54) is 11.3 Å². The van der Waals surface area contributed by atoms with Gasteiger partial charge in [-0.2, -0.15) is 0 Å². The molecule has 2 aromatic heterocycles. The Bertz CT molecular complexity index is 599. The highest BCUT2D eigenvalue weighted by atomic mass is 32.1. The number of likely N-dealkylation sites (tertiary alicyclic amines) is 1. The Labute approximate surface area is 121 Å². The molecule has 0 aliphatic carbocycles. The smallest absolute Gasteiger partial charge is 0.273 e. The predicted octanol–water partition coefficient (Wildman–Crippen LogP) is 2.26. The van der Waals surface area contributed by atoms with Crippen molar-refractivity contribution in [2.24, 2.45) is 0 Å². The number of thiazole rings is 1. The summed E-state index contributed by atoms with van der Waals surface area (Å²) in [5.41, 5.74) is 4.15. The minimum Gasteiger partial charge on any atom is -0.337 e. The molecule has 104 valence electrons. The van der Waals surface area contributed by atoms with E-state index in [1.807, 2.05) is 18.0 Å². The lowest BCUT2D eigenvalue weighted by Crippen LogP contribution is -2.39. The first kappa shape index (κ1) is 13.2. The van der Waals surface area contributed by atoms with Crippen molar-refractivity contribution < 1.29 is 4.79 Å². The third-order valence-corrected chi connectivity index (χ3v) is 4.14. The van der Waals surface area contributed by atoms with Gasteiger partial charge in [0.05, 0.1) is 16.9 Å². The van der Waals surface area contributed by atoms with Crippen LogP contribution in [0.4, 0.5) is 0 Å². The highest BCUT2D eigenvalue weighted by Gasteiger charge is 2.27. The molecule has 0 spiro atoms. The monoisotopic (exact) mass is 288 g/mol. The average molecular weight is 288 g/mol. The molecule has 2 aromatic rings. The quantitative estimate of drug-likeness (QED) is 0.850. The molecule has 0 N–H and O–H groups in total. The maximum absolute atomic E-state index is 12.3. The van der Waals surface area contributed by atoms with Crippen molar-refractivity contribution in [3.8, 4) is 0 Å². The molecule has 3 rings (SSSR count). The first-order valence-corrected chi connectivity index (χ1v) is 7.64. The van der Waals surface area contributed by atoms with E-state index in [1.54, 1.807) is 17.1 Å². The highest BCUT2D eigenvalue weighted by Crippen LogP contribution is 2.26. The summed E-state index contributed by atoms with van der Waals surface area (Å²) in [6.07, 6.45) is 5.62. The summed E-state index contributed by atoms with van der Waals surface area (Å²) in [5, 5.41) is 1.80. The second-order valence-corrected chi connectivity index (χ2v) is 5.77. The standard InChI is InChI=1S/C14H16N4OS/c1-10-5-15-6-12(17-10)11-3-2-4-18(7-11)14(19)13-8-20-9-16-13/h5-6,8-9,11H,2-4,7H2,1H3. The fourth-order valence-corrected chi connectivity index (χ4v) is 3.09. The van der Waals surface area contributed by atoms with Gasteiger partial charge >= 0.3 is 0 Å². The first-order valence-electron chi connectivity index (χ1n) is 6.70. The van der Waals surface area contributed by atoms with E-state index in [2.05, 4.69) is 15.0 Å². The molecule has 0 aromatic carbocycles. The summed E-state index contributed by atoms with van der Waals surface area (Å²) in [4.78, 5) is 27.1. The van der Waals surface area contributed by atoms with Crippen LogP contribution in [0.3, 0.4) is 0 Å². The van der Waals surface area contributed by atoms with Crippen molar-refractivity contribution in [2.75, 3.05) is 13.1 Å². The molecule has 1 saturated heterocycles. The van der Waals surface area contributed by atoms with Gasteiger partial charge in [-0.1, -0.05) is 0 Å². The van der Waals surface area contributed by atoms with Crippen LogP contribution < -0.4 is 0 Å². The lowest BCUT2D eigenvalue weighted by atomic mass is 9.95. The minimum atomic E-state index is 0.0246. The summed E-state index contributed by atoms with van der Waals surface area (Å²) in [5.74, 6) is 0.301. The highest BCUT2D eigenvalue weighted by molar-refractivity contribution is 7.07. The number of carbonyl (C=O) groups is 1. The van der Waals surface area contributed by atoms with Gasteiger partial charge in [0.25, 0.3) is 5.91 Å². The van der Waals surface area contributed by atoms with Gasteiger partial charge in [0.1, 0.15) is 5.69 Å². The van der Waals surface area contributed by atoms with E-state index in [9.17, 15) is 4.79 Å². The Morgan fingerprint density at radius 2 is 2.35 bits per heavy atom. The normalized spacial score (nSPS) is 19.1. The van der Waals surface area contributed by atoms with Gasteiger partial charge in [0, 0.05) is 36.8 Å². The van der Waals surface area contributed by atoms with E-state index in [0.29, 0.717) is 12.2 Å². The number of piperidine rings is 1. The topological polar surface area (TPSA) is 59.0 Å². The van der Waals surface area contributed by atoms with Crippen LogP contribution in [0.5, 0.6) is 0 Å². The third kappa shape index (κ3) is 2.70. The number of carbonyl (C=O) groups excluding carboxylic acids is 1. The lowest BCUT2D eigenvalue weighted by Gasteiger charge is -2.32. The van der Waals surface area contributed by atoms with Crippen LogP contribution >= 0.6 is 11.3 Å². The van der Waals surface area contributed by atoms with Crippen molar-refractivity contribution in [3.63, 3.8) is 0 Å². The molecule has 1 aliphatic heterocycles. The van der Waals surface area contributed by atoms with Crippen molar-refractivity contribution >= 4 is 17.2 Å². The van der Waals surface area contributed by atoms with Gasteiger partial charge in [-0.3, -0.25) is 14.8 Å². The minimum absolute atomic E-state index is 0.0246. The van der Waals surface area contributed by atoms with Crippen LogP contribution in [0.2, 0.25) is 0 Å². The SMILES string of the molecule is Cc1cncc(C2CCCN(C(=O)c3cscn3)C2)n1. The van der Waals surface area contributed by atoms with Crippen molar-refractivity contribution in [1.29, 1.82) is 0 Å². The fourth-order valence-electron chi connectivity index (χ4n) is 2.56. The molecular formula is C14H16N4OS. The first-order chi connectivity index (χ1) is 9.74. The van der Waals surface area contributed by atoms with Gasteiger partial charge in [0.15, 0.2) is 0 Å². The summed E-state index contributed by atoms with van der Waals surface area (Å²) in [6, 6.07) is 0. The summed E-state index contributed by atoms with van der Waals surface area (Å²) < 4.78 is 0. The molecule has 1 unspecified atom stereocenters. The molecular weight excluding hydrogens is 272 g/mol. The van der Waals surface area contributed by atoms with Crippen LogP contribution in [-0.4, -0.2) is 38.8 Å². The molecule has 0 radical (unpaired) electrons. The largest absolute Gasteiger partial charge is 0.337 e. The van der Waals surface area contributed by atoms with E-state index in [-0.39, 0.29) is 11.8 Å². The van der Waals surface area contributed by atoms with Crippen molar-refractivity contribution in [3.05, 3.63) is 40.4 Å². The fraction of sp³-hybridized carbons (Fsp3) is 0.429. The maximum Gasteiger partial charge on any atom is 0.273 e. The molecule has 0 saturated carbocycles. The van der Waals surface area contributed by atoms with Crippen LogP contribution in [0, 0.1) is 6.92 Å². The predicted molar refractivity (Wildman–Crippen MR) is 76.8 cm³/mol. The van der Waals surface area contributed by atoms with Gasteiger partial charge in [-0.15, -0.1) is 11.3 Å². The number of aromatic nitrogens is 3. The number of rotatable bonds is 2. The van der Waals surface area contributed by atoms with Crippen molar-refractivity contribution in [2.45, 2.75) is 25.7 Å². The average Bonchev–Trinajstić information content (AvgIpc) is 3.01. The van der Waals surface area contributed by atoms with Gasteiger partial charge in [-0.05, 0) is 19.8 Å². The van der Waals surface area contributed by atoms with Crippen molar-refractivity contribution in [1.82, 2.24) is 19.9 Å². The van der Waals surface area contributed by atoms with Gasteiger partial charge in [-0.25, -0.2) is 4.98 Å². The molecule has 20 heavy (non-hydrogen) atoms. The molecule has 1 amide bonds. The molecule has 5 nitrogen and oxygen atoms in total. The zero-order chi connectivity index (χ0) is 13.9. The zero-order valence-electron chi connectivity index (χ0n) is 11.3. The maximum atomic E-state index is 12.3. The summed E-state index contributed by atoms with van der Waals surface area (Å²) in [6.45, 7) is 3.44. The Morgan fingerprint density at radius 3 is 3.10 bits per heavy atom. The van der Waals surface area contributed by atoms with Gasteiger partial charge in [0.2, 0.25) is 0 Å². The van der Waals surface area contributed by atoms with E-state index < -0.39 is 0 Å². The second kappa shape index (κ2) is 5.66. The van der Waals surface area contributed by atoms with E-state index in [0.717, 1.165) is 30.8 Å². The second-order valence-electron chi connectivity index (χ2n) is 5.05. The molecule has 1 atom stereocenters. The van der Waals surface area contributed by atoms with Crippen LogP contribution in [0.15, 0.2) is 23.3 Å². The van der Waals surface area contributed by atoms with Crippen LogP contribution in [-0.2, 0) is 0 Å². The number of amides is 1. The Hall–Kier alpha value is -1.82. The Morgan fingerprint density at radius 1 is 1.45 bits per heavy atom. The van der Waals surface area contributed by atoms with Crippen LogP contribution in [0.1, 0.15) is 40.6 Å². The number of hydrogen-bond acceptors (Lipinski definition) is 5. The molecule has 6 heteroatoms. The Kier molecular flexibility index (Phi) is 3.73. The zero-order valence-corrected chi connectivity index (χ0v) is 12.1. The Balaban J connectivity index is 1.75. The number of aryl methyl sites for hydroxylation is 1. The number of hydrogen-bond donors (Lipinski definition) is 0. The van der Waals surface area contributed by atoms with E-state index >= 15 is 0 Å². The molecule has 1 aliphatic rings. The summed E-state index contributed by atoms with van der Waals surface area (Å²) >= 11 is 1.45. The molecule has 0 bridgehead atoms. The van der Waals surface area contributed by atoms with E-state index in [4.69, 9.17) is 0 Å². The number of nitrogens with zero attached hydrogens (tertiary/aromatic N) is 4. The lowest BCUT2D eigenvalue weighted by molar-refractivity contribution is 0.0700. The molecule has 3 heterocycles. The molecule has 1 fully saturated rings. The third-order valence-electron chi connectivity index (χ3n) is 3.55. The van der Waals surface area contributed by atoms with Crippen LogP contribution in [0.25, 0.3) is 0 Å². The van der Waals surface area contributed by atoms with Gasteiger partial charge < -0.3 is 4.90 Å². The summed E-state index contributed by atoms with van der Waals surface area (Å²) in [7, 11) is 0.